The molecule has 2 aromatic rings. The molecule has 0 aliphatic carbocycles. The van der Waals surface area contributed by atoms with Crippen LogP contribution in [0.15, 0.2) is 21.7 Å². The Balaban J connectivity index is 1.57. The average Bonchev–Trinajstić information content (AvgIpc) is 3.29. The van der Waals surface area contributed by atoms with E-state index in [0.717, 1.165) is 25.9 Å². The molecular formula is C23H33N3O6. The van der Waals surface area contributed by atoms with Crippen molar-refractivity contribution in [2.24, 2.45) is 0 Å². The molecule has 0 bridgehead atoms. The molecule has 1 aliphatic heterocycles. The van der Waals surface area contributed by atoms with Gasteiger partial charge in [0.05, 0.1) is 30.2 Å². The first-order chi connectivity index (χ1) is 15.5. The third kappa shape index (κ3) is 6.12. The number of aromatic amines is 1. The smallest absolute Gasteiger partial charge is 0.328 e. The molecule has 9 heteroatoms. The Bertz CT molecular complexity index is 1020. The fraction of sp³-hybridized carbons (Fsp3) is 0.609. The number of nitrogens with zero attached hydrogens (tertiary/aromatic N) is 1. The number of nitrogens with one attached hydrogen (secondary N) is 2. The van der Waals surface area contributed by atoms with Crippen molar-refractivity contribution in [1.82, 2.24) is 14.9 Å². The van der Waals surface area contributed by atoms with Crippen LogP contribution in [0.3, 0.4) is 0 Å². The molecule has 32 heavy (non-hydrogen) atoms. The minimum atomic E-state index is -0.455. The number of hydrogen-bond acceptors (Lipinski definition) is 6. The zero-order valence-corrected chi connectivity index (χ0v) is 18.9. The summed E-state index contributed by atoms with van der Waals surface area (Å²) in [4.78, 5) is 40.1. The Labute approximate surface area is 187 Å². The van der Waals surface area contributed by atoms with E-state index in [4.69, 9.17) is 14.2 Å². The molecule has 9 nitrogen and oxygen atoms in total. The number of hydrogen-bond donors (Lipinski definition) is 2. The summed E-state index contributed by atoms with van der Waals surface area (Å²) >= 11 is 0. The van der Waals surface area contributed by atoms with Crippen LogP contribution in [0.1, 0.15) is 52.4 Å². The molecule has 176 valence electrons. The lowest BCUT2D eigenvalue weighted by Crippen LogP contribution is -2.35. The minimum absolute atomic E-state index is 0.00905. The van der Waals surface area contributed by atoms with Gasteiger partial charge in [-0.2, -0.15) is 0 Å². The topological polar surface area (TPSA) is 112 Å². The van der Waals surface area contributed by atoms with Gasteiger partial charge in [0.1, 0.15) is 0 Å². The second-order valence-corrected chi connectivity index (χ2v) is 7.85. The van der Waals surface area contributed by atoms with Crippen LogP contribution in [0.2, 0.25) is 0 Å². The molecule has 0 saturated carbocycles. The summed E-state index contributed by atoms with van der Waals surface area (Å²) in [6.45, 7) is 6.22. The van der Waals surface area contributed by atoms with E-state index < -0.39 is 5.69 Å². The Hall–Kier alpha value is -2.81. The molecule has 1 atom stereocenters. The van der Waals surface area contributed by atoms with Crippen molar-refractivity contribution in [2.45, 2.75) is 65.0 Å². The summed E-state index contributed by atoms with van der Waals surface area (Å²) in [6, 6.07) is 3.25. The van der Waals surface area contributed by atoms with Crippen molar-refractivity contribution >= 4 is 16.8 Å². The van der Waals surface area contributed by atoms with Gasteiger partial charge < -0.3 is 24.5 Å². The van der Waals surface area contributed by atoms with Crippen molar-refractivity contribution in [3.63, 3.8) is 0 Å². The Kier molecular flexibility index (Phi) is 8.72. The first-order valence-corrected chi connectivity index (χ1v) is 11.5. The van der Waals surface area contributed by atoms with Crippen LogP contribution in [0.4, 0.5) is 0 Å². The molecule has 1 unspecified atom stereocenters. The highest BCUT2D eigenvalue weighted by Gasteiger charge is 2.16. The van der Waals surface area contributed by atoms with E-state index in [1.54, 1.807) is 12.1 Å². The third-order valence-electron chi connectivity index (χ3n) is 5.48. The highest BCUT2D eigenvalue weighted by Crippen LogP contribution is 2.30. The second kappa shape index (κ2) is 11.7. The van der Waals surface area contributed by atoms with E-state index in [-0.39, 0.29) is 17.6 Å². The summed E-state index contributed by atoms with van der Waals surface area (Å²) < 4.78 is 17.9. The Morgan fingerprint density at radius 3 is 2.59 bits per heavy atom. The lowest BCUT2D eigenvalue weighted by atomic mass is 10.1. The molecule has 1 fully saturated rings. The van der Waals surface area contributed by atoms with Gasteiger partial charge in [-0.15, -0.1) is 0 Å². The Morgan fingerprint density at radius 1 is 1.16 bits per heavy atom. The molecule has 0 radical (unpaired) electrons. The van der Waals surface area contributed by atoms with Crippen LogP contribution in [0, 0.1) is 0 Å². The minimum Gasteiger partial charge on any atom is -0.490 e. The zero-order valence-electron chi connectivity index (χ0n) is 18.9. The number of fused-ring (bicyclic) bond motifs is 1. The van der Waals surface area contributed by atoms with Gasteiger partial charge in [0, 0.05) is 32.2 Å². The van der Waals surface area contributed by atoms with Gasteiger partial charge in [-0.3, -0.25) is 14.2 Å². The monoisotopic (exact) mass is 447 g/mol. The normalized spacial score (nSPS) is 15.8. The summed E-state index contributed by atoms with van der Waals surface area (Å²) in [5.41, 5.74) is -0.392. The van der Waals surface area contributed by atoms with Crippen molar-refractivity contribution in [1.29, 1.82) is 0 Å². The first kappa shape index (κ1) is 23.8. The van der Waals surface area contributed by atoms with Crippen LogP contribution < -0.4 is 26.0 Å². The lowest BCUT2D eigenvalue weighted by Gasteiger charge is -2.13. The van der Waals surface area contributed by atoms with Gasteiger partial charge in [0.25, 0.3) is 5.56 Å². The number of ether oxygens (including phenoxy) is 3. The third-order valence-corrected chi connectivity index (χ3v) is 5.48. The number of amides is 1. The van der Waals surface area contributed by atoms with E-state index in [2.05, 4.69) is 10.3 Å². The molecule has 0 spiro atoms. The van der Waals surface area contributed by atoms with E-state index in [1.165, 1.54) is 4.57 Å². The van der Waals surface area contributed by atoms with Gasteiger partial charge in [-0.1, -0.05) is 6.42 Å². The molecule has 2 heterocycles. The fourth-order valence-electron chi connectivity index (χ4n) is 3.85. The number of unbranched alkanes of at least 4 members (excludes halogenated alkanes) is 2. The van der Waals surface area contributed by atoms with Crippen molar-refractivity contribution in [3.05, 3.63) is 33.0 Å². The molecule has 1 aromatic carbocycles. The van der Waals surface area contributed by atoms with Gasteiger partial charge in [0.2, 0.25) is 5.91 Å². The van der Waals surface area contributed by atoms with Gasteiger partial charge in [0.15, 0.2) is 11.5 Å². The highest BCUT2D eigenvalue weighted by atomic mass is 16.5. The van der Waals surface area contributed by atoms with Gasteiger partial charge in [-0.05, 0) is 45.6 Å². The van der Waals surface area contributed by atoms with Crippen molar-refractivity contribution < 1.29 is 19.0 Å². The number of H-pyrrole nitrogens is 1. The number of carbonyl (C=O) groups is 1. The predicted octanol–water partition coefficient (Wildman–Crippen LogP) is 2.34. The quantitative estimate of drug-likeness (QED) is 0.483. The van der Waals surface area contributed by atoms with E-state index in [0.29, 0.717) is 68.0 Å². The molecule has 1 saturated heterocycles. The van der Waals surface area contributed by atoms with Gasteiger partial charge >= 0.3 is 5.69 Å². The molecular weight excluding hydrogens is 414 g/mol. The molecule has 1 aliphatic rings. The van der Waals surface area contributed by atoms with E-state index in [9.17, 15) is 14.4 Å². The molecule has 2 N–H and O–H groups in total. The summed E-state index contributed by atoms with van der Waals surface area (Å²) in [7, 11) is 0. The maximum absolute atomic E-state index is 12.9. The average molecular weight is 448 g/mol. The zero-order chi connectivity index (χ0) is 22.9. The van der Waals surface area contributed by atoms with Crippen LogP contribution >= 0.6 is 0 Å². The van der Waals surface area contributed by atoms with Crippen LogP contribution in [0.25, 0.3) is 10.9 Å². The maximum Gasteiger partial charge on any atom is 0.328 e. The highest BCUT2D eigenvalue weighted by molar-refractivity contribution is 5.81. The van der Waals surface area contributed by atoms with Crippen LogP contribution in [-0.4, -0.2) is 47.9 Å². The number of benzene rings is 1. The predicted molar refractivity (Wildman–Crippen MR) is 122 cm³/mol. The largest absolute Gasteiger partial charge is 0.490 e. The van der Waals surface area contributed by atoms with E-state index >= 15 is 0 Å². The SMILES string of the molecule is CCOc1cc2[nH]c(=O)n(CCCCCC(=O)NCC3CCCO3)c(=O)c2cc1OCC. The number of aromatic nitrogens is 2. The standard InChI is InChI=1S/C23H33N3O6/c1-3-30-19-13-17-18(14-20(19)31-4-2)25-23(29)26(22(17)28)11-7-5-6-10-21(27)24-15-16-9-8-12-32-16/h13-14,16H,3-12,15H2,1-2H3,(H,24,27)(H,25,29). The summed E-state index contributed by atoms with van der Waals surface area (Å²) in [5.74, 6) is 0.980. The summed E-state index contributed by atoms with van der Waals surface area (Å²) in [6.07, 6.45) is 4.67. The fourth-order valence-corrected chi connectivity index (χ4v) is 3.85. The van der Waals surface area contributed by atoms with Crippen molar-refractivity contribution in [3.8, 4) is 11.5 Å². The maximum atomic E-state index is 12.9. The van der Waals surface area contributed by atoms with Crippen LogP contribution in [-0.2, 0) is 16.1 Å². The van der Waals surface area contributed by atoms with Gasteiger partial charge in [-0.25, -0.2) is 4.79 Å². The molecule has 1 amide bonds. The number of rotatable bonds is 12. The summed E-state index contributed by atoms with van der Waals surface area (Å²) in [5, 5.41) is 3.28. The second-order valence-electron chi connectivity index (χ2n) is 7.85. The number of carbonyl (C=O) groups excluding carboxylic acids is 1. The molecule has 1 aromatic heterocycles. The van der Waals surface area contributed by atoms with Crippen LogP contribution in [0.5, 0.6) is 11.5 Å². The molecule has 3 rings (SSSR count). The first-order valence-electron chi connectivity index (χ1n) is 11.5. The lowest BCUT2D eigenvalue weighted by molar-refractivity contribution is -0.121. The Morgan fingerprint density at radius 2 is 1.91 bits per heavy atom. The van der Waals surface area contributed by atoms with Crippen molar-refractivity contribution in [2.75, 3.05) is 26.4 Å². The van der Waals surface area contributed by atoms with E-state index in [1.807, 2.05) is 13.8 Å².